The Labute approximate surface area is 227 Å². The van der Waals surface area contributed by atoms with Crippen LogP contribution in [0.3, 0.4) is 0 Å². The molecule has 0 aliphatic heterocycles. The predicted molar refractivity (Wildman–Crippen MR) is 156 cm³/mol. The highest BCUT2D eigenvalue weighted by molar-refractivity contribution is 7.89. The van der Waals surface area contributed by atoms with Crippen molar-refractivity contribution in [1.29, 1.82) is 0 Å². The normalized spacial score (nSPS) is 12.8. The van der Waals surface area contributed by atoms with Crippen molar-refractivity contribution in [3.63, 3.8) is 0 Å². The van der Waals surface area contributed by atoms with Gasteiger partial charge in [-0.05, 0) is 79.0 Å². The van der Waals surface area contributed by atoms with E-state index in [1.165, 1.54) is 27.8 Å². The van der Waals surface area contributed by atoms with Crippen molar-refractivity contribution in [2.45, 2.75) is 65.2 Å². The van der Waals surface area contributed by atoms with Crippen LogP contribution in [0.1, 0.15) is 68.4 Å². The van der Waals surface area contributed by atoms with Gasteiger partial charge in [-0.15, -0.1) is 16.0 Å². The molecule has 0 amide bonds. The summed E-state index contributed by atoms with van der Waals surface area (Å²) in [6.07, 6.45) is 8.59. The molecule has 0 unspecified atom stereocenters. The zero-order valence-electron chi connectivity index (χ0n) is 22.0. The van der Waals surface area contributed by atoms with Gasteiger partial charge in [-0.25, -0.2) is 8.42 Å². The Bertz CT molecular complexity index is 1210. The summed E-state index contributed by atoms with van der Waals surface area (Å²) in [6, 6.07) is 13.0. The lowest BCUT2D eigenvalue weighted by Crippen LogP contribution is -2.22. The fourth-order valence-corrected chi connectivity index (χ4v) is 5.05. The number of alkyl halides is 1. The van der Waals surface area contributed by atoms with Gasteiger partial charge in [0.05, 0.1) is 6.26 Å². The molecule has 0 aromatic heterocycles. The summed E-state index contributed by atoms with van der Waals surface area (Å²) in [5, 5.41) is 3.83. The molecule has 1 N–H and O–H groups in total. The van der Waals surface area contributed by atoms with Crippen LogP contribution >= 0.6 is 23.2 Å². The van der Waals surface area contributed by atoms with Gasteiger partial charge in [0, 0.05) is 22.0 Å². The molecule has 2 aromatic carbocycles. The Morgan fingerprint density at radius 2 is 1.81 bits per heavy atom. The van der Waals surface area contributed by atoms with E-state index in [0.717, 1.165) is 37.0 Å². The van der Waals surface area contributed by atoms with Crippen molar-refractivity contribution in [1.82, 2.24) is 5.32 Å². The maximum atomic E-state index is 11.5. The number of allylic oxidation sites excluding steroid dienone is 2. The van der Waals surface area contributed by atoms with Crippen LogP contribution in [0.2, 0.25) is 5.02 Å². The molecule has 0 radical (unpaired) electrons. The molecule has 0 saturated carbocycles. The zero-order chi connectivity index (χ0) is 26.9. The molecule has 0 fully saturated rings. The van der Waals surface area contributed by atoms with E-state index < -0.39 is 10.0 Å². The number of benzene rings is 2. The van der Waals surface area contributed by atoms with Gasteiger partial charge < -0.3 is 5.32 Å². The third kappa shape index (κ3) is 8.79. The first kappa shape index (κ1) is 30.1. The SMILES string of the molecule is C=C(CCc1ccc(C(C)(C)c2cc(Cl)c(CCCCl)c(CC)c2)cc1)NC(/C=C\C)=N/S(C)(=O)=O. The Morgan fingerprint density at radius 1 is 1.14 bits per heavy atom. The van der Waals surface area contributed by atoms with E-state index in [2.05, 4.69) is 73.5 Å². The fourth-order valence-electron chi connectivity index (χ4n) is 4.12. The van der Waals surface area contributed by atoms with Gasteiger partial charge in [-0.2, -0.15) is 0 Å². The number of aryl methyl sites for hydroxylation is 2. The number of hydrogen-bond donors (Lipinski definition) is 1. The van der Waals surface area contributed by atoms with Gasteiger partial charge in [0.2, 0.25) is 0 Å². The van der Waals surface area contributed by atoms with Crippen molar-refractivity contribution in [2.24, 2.45) is 4.40 Å². The molecule has 2 rings (SSSR count). The van der Waals surface area contributed by atoms with E-state index in [9.17, 15) is 8.42 Å². The largest absolute Gasteiger partial charge is 0.344 e. The lowest BCUT2D eigenvalue weighted by Gasteiger charge is -2.28. The van der Waals surface area contributed by atoms with E-state index in [1.807, 2.05) is 0 Å². The highest BCUT2D eigenvalue weighted by atomic mass is 35.5. The number of amidine groups is 1. The standard InChI is InChI=1S/C29H38Cl2N2O2S/c1-7-10-28(33-36(6,34)35)32-21(3)12-13-22-14-16-24(17-15-22)29(4,5)25-19-23(8-2)26(11-9-18-30)27(31)20-25/h7,10,14-17,19-20H,3,8-9,11-13,18H2,1-2,4-6H3,(H,32,33)/b10-7-. The molecule has 0 saturated heterocycles. The Morgan fingerprint density at radius 3 is 2.36 bits per heavy atom. The van der Waals surface area contributed by atoms with Gasteiger partial charge >= 0.3 is 0 Å². The molecule has 0 aliphatic carbocycles. The highest BCUT2D eigenvalue weighted by Gasteiger charge is 2.25. The first-order chi connectivity index (χ1) is 16.9. The second kappa shape index (κ2) is 13.5. The molecule has 0 bridgehead atoms. The second-order valence-electron chi connectivity index (χ2n) is 9.50. The molecule has 7 heteroatoms. The van der Waals surface area contributed by atoms with Crippen molar-refractivity contribution >= 4 is 39.1 Å². The summed E-state index contributed by atoms with van der Waals surface area (Å²) >= 11 is 12.6. The van der Waals surface area contributed by atoms with Crippen LogP contribution in [-0.2, 0) is 34.7 Å². The van der Waals surface area contributed by atoms with Crippen LogP contribution in [0, 0.1) is 0 Å². The molecule has 0 spiro atoms. The quantitative estimate of drug-likeness (QED) is 0.171. The van der Waals surface area contributed by atoms with Crippen LogP contribution in [0.4, 0.5) is 0 Å². The lowest BCUT2D eigenvalue weighted by atomic mass is 9.76. The third-order valence-electron chi connectivity index (χ3n) is 6.24. The van der Waals surface area contributed by atoms with Crippen molar-refractivity contribution in [3.05, 3.63) is 93.7 Å². The smallest absolute Gasteiger partial charge is 0.252 e. The van der Waals surface area contributed by atoms with Gasteiger partial charge in [0.15, 0.2) is 0 Å². The molecular formula is C29H38Cl2N2O2S. The van der Waals surface area contributed by atoms with Gasteiger partial charge in [0.25, 0.3) is 10.0 Å². The molecule has 0 heterocycles. The summed E-state index contributed by atoms with van der Waals surface area (Å²) in [4.78, 5) is 0. The minimum absolute atomic E-state index is 0.203. The Kier molecular flexibility index (Phi) is 11.3. The third-order valence-corrected chi connectivity index (χ3v) is 7.37. The highest BCUT2D eigenvalue weighted by Crippen LogP contribution is 2.36. The lowest BCUT2D eigenvalue weighted by molar-refractivity contribution is 0.603. The summed E-state index contributed by atoms with van der Waals surface area (Å²) in [7, 11) is -3.49. The molecular weight excluding hydrogens is 511 g/mol. The van der Waals surface area contributed by atoms with Crippen molar-refractivity contribution in [3.8, 4) is 0 Å². The summed E-state index contributed by atoms with van der Waals surface area (Å²) in [6.45, 7) is 12.4. The number of hydrogen-bond acceptors (Lipinski definition) is 2. The number of nitrogens with zero attached hydrogens (tertiary/aromatic N) is 1. The zero-order valence-corrected chi connectivity index (χ0v) is 24.3. The van der Waals surface area contributed by atoms with Crippen molar-refractivity contribution < 1.29 is 8.42 Å². The van der Waals surface area contributed by atoms with E-state index in [1.54, 1.807) is 19.1 Å². The monoisotopic (exact) mass is 548 g/mol. The maximum Gasteiger partial charge on any atom is 0.252 e. The molecule has 4 nitrogen and oxygen atoms in total. The van der Waals surface area contributed by atoms with Crippen LogP contribution in [0.25, 0.3) is 0 Å². The van der Waals surface area contributed by atoms with Crippen LogP contribution in [-0.4, -0.2) is 26.4 Å². The van der Waals surface area contributed by atoms with Crippen LogP contribution < -0.4 is 5.32 Å². The number of halogens is 2. The molecule has 36 heavy (non-hydrogen) atoms. The molecule has 196 valence electrons. The number of nitrogens with one attached hydrogen (secondary N) is 1. The van der Waals surface area contributed by atoms with E-state index in [-0.39, 0.29) is 11.3 Å². The average molecular weight is 550 g/mol. The topological polar surface area (TPSA) is 58.5 Å². The summed E-state index contributed by atoms with van der Waals surface area (Å²) in [5.74, 6) is 0.897. The van der Waals surface area contributed by atoms with E-state index in [4.69, 9.17) is 23.2 Å². The average Bonchev–Trinajstić information content (AvgIpc) is 2.80. The Hall–Kier alpha value is -2.08. The maximum absolute atomic E-state index is 11.5. The first-order valence-electron chi connectivity index (χ1n) is 12.3. The van der Waals surface area contributed by atoms with Crippen LogP contribution in [0.5, 0.6) is 0 Å². The minimum Gasteiger partial charge on any atom is -0.344 e. The second-order valence-corrected chi connectivity index (χ2v) is 11.9. The van der Waals surface area contributed by atoms with Crippen molar-refractivity contribution in [2.75, 3.05) is 12.1 Å². The number of sulfonamides is 1. The van der Waals surface area contributed by atoms with Gasteiger partial charge in [0.1, 0.15) is 5.84 Å². The molecule has 2 aromatic rings. The van der Waals surface area contributed by atoms with E-state index in [0.29, 0.717) is 18.0 Å². The molecule has 0 aliphatic rings. The summed E-state index contributed by atoms with van der Waals surface area (Å²) in [5.41, 5.74) is 6.59. The van der Waals surface area contributed by atoms with E-state index >= 15 is 0 Å². The number of rotatable bonds is 12. The molecule has 0 atom stereocenters. The van der Waals surface area contributed by atoms with Gasteiger partial charge in [-0.3, -0.25) is 0 Å². The fraction of sp³-hybridized carbons (Fsp3) is 0.414. The van der Waals surface area contributed by atoms with Gasteiger partial charge in [-0.1, -0.05) is 75.4 Å². The Balaban J connectivity index is 2.14. The first-order valence-corrected chi connectivity index (χ1v) is 15.0. The summed E-state index contributed by atoms with van der Waals surface area (Å²) < 4.78 is 26.7. The minimum atomic E-state index is -3.49. The predicted octanol–water partition coefficient (Wildman–Crippen LogP) is 7.37. The van der Waals surface area contributed by atoms with Crippen LogP contribution in [0.15, 0.2) is 65.2 Å².